The Morgan fingerprint density at radius 2 is 1.86 bits per heavy atom. The van der Waals surface area contributed by atoms with E-state index >= 15 is 0 Å². The largest absolute Gasteiger partial charge is 0.468 e. The van der Waals surface area contributed by atoms with Crippen LogP contribution in [-0.4, -0.2) is 31.9 Å². The molecule has 0 amide bonds. The first kappa shape index (κ1) is 13.6. The van der Waals surface area contributed by atoms with Gasteiger partial charge in [-0.05, 0) is 20.8 Å². The van der Waals surface area contributed by atoms with E-state index in [0.717, 1.165) is 0 Å². The number of methoxy groups -OCH3 is 1. The zero-order valence-corrected chi connectivity index (χ0v) is 10.2. The van der Waals surface area contributed by atoms with E-state index in [1.54, 1.807) is 20.8 Å². The van der Waals surface area contributed by atoms with E-state index in [2.05, 4.69) is 9.82 Å². The molecule has 0 heterocycles. The van der Waals surface area contributed by atoms with Gasteiger partial charge in [-0.25, -0.2) is 5.09 Å². The van der Waals surface area contributed by atoms with Gasteiger partial charge in [-0.2, -0.15) is 0 Å². The standard InChI is InChI=1S/C8H18NO4P/c1-8(2,3)14(11,13-5)9-6-7(10)12-4/h6H2,1-5H3,(H,9,11). The molecule has 0 saturated heterocycles. The molecule has 0 spiro atoms. The van der Waals surface area contributed by atoms with E-state index < -0.39 is 18.6 Å². The van der Waals surface area contributed by atoms with Gasteiger partial charge in [0.1, 0.15) is 6.54 Å². The van der Waals surface area contributed by atoms with Crippen LogP contribution in [0.4, 0.5) is 0 Å². The lowest BCUT2D eigenvalue weighted by Crippen LogP contribution is -2.30. The quantitative estimate of drug-likeness (QED) is 0.576. The SMILES string of the molecule is COC(=O)CNP(=O)(OC)C(C)(C)C. The highest BCUT2D eigenvalue weighted by Crippen LogP contribution is 2.54. The summed E-state index contributed by atoms with van der Waals surface area (Å²) in [4.78, 5) is 10.8. The third-order valence-electron chi connectivity index (χ3n) is 1.80. The maximum absolute atomic E-state index is 12.1. The first-order chi connectivity index (χ1) is 6.27. The molecule has 0 bridgehead atoms. The molecule has 0 aliphatic carbocycles. The topological polar surface area (TPSA) is 64.6 Å². The summed E-state index contributed by atoms with van der Waals surface area (Å²) < 4.78 is 21.4. The molecular weight excluding hydrogens is 205 g/mol. The smallest absolute Gasteiger partial charge is 0.320 e. The third-order valence-corrected chi connectivity index (χ3v) is 4.65. The lowest BCUT2D eigenvalue weighted by Gasteiger charge is -2.29. The highest BCUT2D eigenvalue weighted by molar-refractivity contribution is 7.58. The number of nitrogens with one attached hydrogen (secondary N) is 1. The van der Waals surface area contributed by atoms with Crippen molar-refractivity contribution in [1.82, 2.24) is 5.09 Å². The van der Waals surface area contributed by atoms with E-state index in [-0.39, 0.29) is 6.54 Å². The monoisotopic (exact) mass is 223 g/mol. The zero-order valence-electron chi connectivity index (χ0n) is 9.29. The van der Waals surface area contributed by atoms with Gasteiger partial charge in [-0.15, -0.1) is 0 Å². The molecule has 0 radical (unpaired) electrons. The number of ether oxygens (including phenoxy) is 1. The highest BCUT2D eigenvalue weighted by atomic mass is 31.2. The fourth-order valence-corrected chi connectivity index (χ4v) is 2.30. The van der Waals surface area contributed by atoms with Crippen LogP contribution in [0.5, 0.6) is 0 Å². The van der Waals surface area contributed by atoms with E-state index in [1.807, 2.05) is 0 Å². The van der Waals surface area contributed by atoms with Gasteiger partial charge in [0, 0.05) is 7.11 Å². The van der Waals surface area contributed by atoms with Gasteiger partial charge in [0.25, 0.3) is 7.52 Å². The van der Waals surface area contributed by atoms with Crippen molar-refractivity contribution < 1.29 is 18.6 Å². The van der Waals surface area contributed by atoms with Crippen LogP contribution in [0.2, 0.25) is 0 Å². The predicted molar refractivity (Wildman–Crippen MR) is 54.4 cm³/mol. The molecule has 0 aliphatic heterocycles. The molecule has 1 N–H and O–H groups in total. The van der Waals surface area contributed by atoms with Gasteiger partial charge in [0.05, 0.1) is 12.3 Å². The number of carbonyl (C=O) groups excluding carboxylic acids is 1. The van der Waals surface area contributed by atoms with Crippen LogP contribution < -0.4 is 5.09 Å². The van der Waals surface area contributed by atoms with Crippen LogP contribution in [0.25, 0.3) is 0 Å². The minimum atomic E-state index is -3.00. The molecule has 1 atom stereocenters. The summed E-state index contributed by atoms with van der Waals surface area (Å²) in [6.07, 6.45) is 0. The van der Waals surface area contributed by atoms with Crippen LogP contribution in [0, 0.1) is 0 Å². The average molecular weight is 223 g/mol. The van der Waals surface area contributed by atoms with Crippen molar-refractivity contribution in [2.45, 2.75) is 25.9 Å². The van der Waals surface area contributed by atoms with Crippen molar-refractivity contribution in [3.63, 3.8) is 0 Å². The molecule has 5 nitrogen and oxygen atoms in total. The number of carbonyl (C=O) groups is 1. The third kappa shape index (κ3) is 3.40. The van der Waals surface area contributed by atoms with E-state index in [4.69, 9.17) is 4.52 Å². The van der Waals surface area contributed by atoms with Crippen LogP contribution >= 0.6 is 7.52 Å². The number of hydrogen-bond acceptors (Lipinski definition) is 4. The van der Waals surface area contributed by atoms with E-state index in [1.165, 1.54) is 14.2 Å². The van der Waals surface area contributed by atoms with Gasteiger partial charge in [-0.1, -0.05) is 0 Å². The van der Waals surface area contributed by atoms with Crippen LogP contribution in [0.3, 0.4) is 0 Å². The second-order valence-corrected chi connectivity index (χ2v) is 6.94. The molecule has 0 aromatic heterocycles. The lowest BCUT2D eigenvalue weighted by atomic mass is 10.3. The number of rotatable bonds is 4. The van der Waals surface area contributed by atoms with Gasteiger partial charge < -0.3 is 9.26 Å². The van der Waals surface area contributed by atoms with Crippen LogP contribution in [0.1, 0.15) is 20.8 Å². The van der Waals surface area contributed by atoms with Crippen molar-refractivity contribution >= 4 is 13.5 Å². The molecule has 0 rings (SSSR count). The molecule has 14 heavy (non-hydrogen) atoms. The summed E-state index contributed by atoms with van der Waals surface area (Å²) in [7, 11) is -0.368. The Morgan fingerprint density at radius 1 is 1.36 bits per heavy atom. The predicted octanol–water partition coefficient (Wildman–Crippen LogP) is 1.39. The molecule has 0 saturated carbocycles. The molecule has 0 aromatic rings. The zero-order chi connectivity index (χ0) is 11.4. The molecule has 1 unspecified atom stereocenters. The average Bonchev–Trinajstić information content (AvgIpc) is 2.11. The Kier molecular flexibility index (Phi) is 4.78. The molecular formula is C8H18NO4P. The molecule has 84 valence electrons. The van der Waals surface area contributed by atoms with Gasteiger partial charge >= 0.3 is 5.97 Å². The fraction of sp³-hybridized carbons (Fsp3) is 0.875. The normalized spacial score (nSPS) is 16.1. The number of esters is 1. The Balaban J connectivity index is 4.44. The van der Waals surface area contributed by atoms with E-state index in [0.29, 0.717) is 0 Å². The maximum atomic E-state index is 12.1. The summed E-state index contributed by atoms with van der Waals surface area (Å²) in [5.74, 6) is -0.466. The first-order valence-corrected chi connectivity index (χ1v) is 5.87. The van der Waals surface area contributed by atoms with Crippen molar-refractivity contribution in [2.24, 2.45) is 0 Å². The van der Waals surface area contributed by atoms with Crippen molar-refractivity contribution in [3.05, 3.63) is 0 Å². The van der Waals surface area contributed by atoms with Gasteiger partial charge in [0.15, 0.2) is 0 Å². The highest BCUT2D eigenvalue weighted by Gasteiger charge is 2.37. The van der Waals surface area contributed by atoms with Gasteiger partial charge in [-0.3, -0.25) is 9.36 Å². The minimum absolute atomic E-state index is 0.112. The minimum Gasteiger partial charge on any atom is -0.468 e. The van der Waals surface area contributed by atoms with Crippen LogP contribution in [-0.2, 0) is 18.6 Å². The summed E-state index contributed by atoms with van der Waals surface area (Å²) >= 11 is 0. The summed E-state index contributed by atoms with van der Waals surface area (Å²) in [5, 5.41) is 2.05. The van der Waals surface area contributed by atoms with Crippen molar-refractivity contribution in [1.29, 1.82) is 0 Å². The summed E-state index contributed by atoms with van der Waals surface area (Å²) in [6, 6.07) is 0. The summed E-state index contributed by atoms with van der Waals surface area (Å²) in [6.45, 7) is 5.23. The second-order valence-electron chi connectivity index (χ2n) is 3.82. The molecule has 0 aliphatic rings. The Morgan fingerprint density at radius 3 is 2.14 bits per heavy atom. The molecule has 6 heteroatoms. The van der Waals surface area contributed by atoms with Crippen molar-refractivity contribution in [3.8, 4) is 0 Å². The maximum Gasteiger partial charge on any atom is 0.320 e. The first-order valence-electron chi connectivity index (χ1n) is 4.24. The fourth-order valence-electron chi connectivity index (χ4n) is 0.816. The molecule has 0 aromatic carbocycles. The number of hydrogen-bond donors (Lipinski definition) is 1. The van der Waals surface area contributed by atoms with E-state index in [9.17, 15) is 9.36 Å². The van der Waals surface area contributed by atoms with Gasteiger partial charge in [0.2, 0.25) is 0 Å². The summed E-state index contributed by atoms with van der Waals surface area (Å²) in [5.41, 5.74) is 0. The lowest BCUT2D eigenvalue weighted by molar-refractivity contribution is -0.139. The van der Waals surface area contributed by atoms with Crippen molar-refractivity contribution in [2.75, 3.05) is 20.8 Å². The molecule has 0 fully saturated rings. The van der Waals surface area contributed by atoms with Crippen LogP contribution in [0.15, 0.2) is 0 Å². The Bertz CT molecular complexity index is 246. The Hall–Kier alpha value is -0.380. The Labute approximate surface area is 84.7 Å². The second kappa shape index (κ2) is 4.91.